The van der Waals surface area contributed by atoms with Gasteiger partial charge in [-0.15, -0.1) is 0 Å². The average Bonchev–Trinajstić information content (AvgIpc) is 2.77. The van der Waals surface area contributed by atoms with E-state index in [1.54, 1.807) is 6.07 Å². The van der Waals surface area contributed by atoms with Crippen LogP contribution in [0.4, 0.5) is 11.4 Å². The van der Waals surface area contributed by atoms with Crippen LogP contribution in [0.3, 0.4) is 0 Å². The van der Waals surface area contributed by atoms with Crippen molar-refractivity contribution in [2.75, 3.05) is 11.1 Å². The summed E-state index contributed by atoms with van der Waals surface area (Å²) in [5, 5.41) is 13.6. The number of aromatic hydroxyl groups is 1. The highest BCUT2D eigenvalue weighted by atomic mass is 32.2. The Morgan fingerprint density at radius 2 is 1.73 bits per heavy atom. The van der Waals surface area contributed by atoms with Crippen LogP contribution in [0.25, 0.3) is 0 Å². The molecule has 0 bridgehead atoms. The van der Waals surface area contributed by atoms with E-state index in [0.29, 0.717) is 11.4 Å². The van der Waals surface area contributed by atoms with E-state index in [1.165, 1.54) is 14.1 Å². The molecule has 0 aliphatic heterocycles. The molecule has 0 fully saturated rings. The number of benzene rings is 2. The lowest BCUT2D eigenvalue weighted by Crippen LogP contribution is -2.39. The van der Waals surface area contributed by atoms with Crippen LogP contribution in [0.2, 0.25) is 0 Å². The van der Waals surface area contributed by atoms with Gasteiger partial charge in [0.25, 0.3) is 5.56 Å². The number of hydrogen-bond donors (Lipinski definition) is 2. The van der Waals surface area contributed by atoms with Crippen molar-refractivity contribution in [3.05, 3.63) is 85.6 Å². The molecular weight excluding hydrogens is 440 g/mol. The molecule has 0 unspecified atom stereocenters. The van der Waals surface area contributed by atoms with Gasteiger partial charge in [0, 0.05) is 19.8 Å². The van der Waals surface area contributed by atoms with Gasteiger partial charge in [0.2, 0.25) is 11.8 Å². The minimum atomic E-state index is -0.690. The van der Waals surface area contributed by atoms with Crippen molar-refractivity contribution in [1.29, 1.82) is 0 Å². The van der Waals surface area contributed by atoms with Gasteiger partial charge in [0.1, 0.15) is 10.6 Å². The van der Waals surface area contributed by atoms with E-state index < -0.39 is 17.1 Å². The number of aromatic nitrogens is 2. The van der Waals surface area contributed by atoms with Crippen LogP contribution in [0.5, 0.6) is 5.88 Å². The van der Waals surface area contributed by atoms with Gasteiger partial charge in [-0.3, -0.25) is 18.7 Å². The Hall–Kier alpha value is -3.59. The molecule has 3 aromatic rings. The topological polar surface area (TPSA) is 106 Å². The van der Waals surface area contributed by atoms with Crippen molar-refractivity contribution >= 4 is 34.1 Å². The van der Waals surface area contributed by atoms with Gasteiger partial charge in [-0.05, 0) is 55.7 Å². The monoisotopic (exact) mass is 466 g/mol. The lowest BCUT2D eigenvalue weighted by Gasteiger charge is -2.13. The van der Waals surface area contributed by atoms with Crippen LogP contribution in [0.1, 0.15) is 22.3 Å². The van der Waals surface area contributed by atoms with E-state index in [9.17, 15) is 19.5 Å². The Morgan fingerprint density at radius 1 is 1.03 bits per heavy atom. The molecule has 0 atom stereocenters. The lowest BCUT2D eigenvalue weighted by atomic mass is 10.1. The number of thioether (sulfide) groups is 1. The number of nitrogens with one attached hydrogen (secondary N) is 1. The summed E-state index contributed by atoms with van der Waals surface area (Å²) in [4.78, 5) is 42.3. The first-order valence-electron chi connectivity index (χ1n) is 10.2. The Bertz CT molecular complexity index is 1370. The number of carbonyl (C=O) groups is 1. The normalized spacial score (nSPS) is 11.5. The smallest absolute Gasteiger partial charge is 0.333 e. The fourth-order valence-corrected chi connectivity index (χ4v) is 4.02. The van der Waals surface area contributed by atoms with Crippen molar-refractivity contribution in [3.63, 3.8) is 0 Å². The highest BCUT2D eigenvalue weighted by Crippen LogP contribution is 2.24. The first kappa shape index (κ1) is 24.1. The minimum absolute atomic E-state index is 0.0521. The molecule has 172 valence electrons. The lowest BCUT2D eigenvalue weighted by molar-refractivity contribution is -0.113. The maximum Gasteiger partial charge on any atom is 0.333 e. The first-order valence-corrected chi connectivity index (χ1v) is 11.2. The number of aliphatic imine (C=N–C) groups is 1. The largest absolute Gasteiger partial charge is 0.494 e. The Labute approximate surface area is 195 Å². The zero-order chi connectivity index (χ0) is 24.3. The van der Waals surface area contributed by atoms with Crippen molar-refractivity contribution < 1.29 is 9.90 Å². The average molecular weight is 467 g/mol. The standard InChI is InChI=1S/C24H26N4O4S/c1-14-7-6-8-17(11-14)25-21(20-22(30)27(4)24(32)28(5)23(20)31)33-13-19(29)26-18-12-15(2)9-10-16(18)3/h6-12,30H,13H2,1-5H3,(H,26,29). The minimum Gasteiger partial charge on any atom is -0.494 e. The zero-order valence-electron chi connectivity index (χ0n) is 19.2. The molecule has 1 heterocycles. The van der Waals surface area contributed by atoms with Gasteiger partial charge in [-0.25, -0.2) is 9.79 Å². The maximum atomic E-state index is 12.9. The van der Waals surface area contributed by atoms with E-state index >= 15 is 0 Å². The second-order valence-electron chi connectivity index (χ2n) is 7.82. The van der Waals surface area contributed by atoms with Gasteiger partial charge in [-0.1, -0.05) is 36.0 Å². The summed E-state index contributed by atoms with van der Waals surface area (Å²) in [6.07, 6.45) is 0. The zero-order valence-corrected chi connectivity index (χ0v) is 20.0. The fourth-order valence-electron chi connectivity index (χ4n) is 3.19. The summed E-state index contributed by atoms with van der Waals surface area (Å²) in [6.45, 7) is 5.75. The van der Waals surface area contributed by atoms with Crippen LogP contribution >= 0.6 is 11.8 Å². The summed E-state index contributed by atoms with van der Waals surface area (Å²) in [6, 6.07) is 13.1. The molecule has 0 spiro atoms. The third-order valence-electron chi connectivity index (χ3n) is 5.09. The van der Waals surface area contributed by atoms with E-state index in [1.807, 2.05) is 57.2 Å². The third-order valence-corrected chi connectivity index (χ3v) is 6.06. The van der Waals surface area contributed by atoms with Crippen LogP contribution < -0.4 is 16.6 Å². The second kappa shape index (κ2) is 9.91. The molecule has 9 heteroatoms. The molecule has 33 heavy (non-hydrogen) atoms. The summed E-state index contributed by atoms with van der Waals surface area (Å²) in [5.74, 6) is -0.840. The summed E-state index contributed by atoms with van der Waals surface area (Å²) < 4.78 is 1.87. The fraction of sp³-hybridized carbons (Fsp3) is 0.250. The van der Waals surface area contributed by atoms with E-state index in [4.69, 9.17) is 0 Å². The van der Waals surface area contributed by atoms with Gasteiger partial charge in [0.05, 0.1) is 11.4 Å². The molecule has 0 saturated heterocycles. The van der Waals surface area contributed by atoms with Crippen LogP contribution in [-0.4, -0.2) is 30.9 Å². The number of carbonyl (C=O) groups excluding carboxylic acids is 1. The van der Waals surface area contributed by atoms with Crippen molar-refractivity contribution in [3.8, 4) is 5.88 Å². The van der Waals surface area contributed by atoms with Crippen molar-refractivity contribution in [1.82, 2.24) is 9.13 Å². The number of nitrogens with zero attached hydrogens (tertiary/aromatic N) is 3. The quantitative estimate of drug-likeness (QED) is 0.444. The van der Waals surface area contributed by atoms with Crippen LogP contribution in [0.15, 0.2) is 57.0 Å². The molecule has 0 aliphatic carbocycles. The number of amides is 1. The highest BCUT2D eigenvalue weighted by Gasteiger charge is 2.22. The molecule has 3 rings (SSSR count). The van der Waals surface area contributed by atoms with Gasteiger partial charge in [-0.2, -0.15) is 0 Å². The van der Waals surface area contributed by atoms with E-state index in [0.717, 1.165) is 37.6 Å². The number of aryl methyl sites for hydroxylation is 3. The Kier molecular flexibility index (Phi) is 7.23. The highest BCUT2D eigenvalue weighted by molar-refractivity contribution is 8.15. The molecular formula is C24H26N4O4S. The Morgan fingerprint density at radius 3 is 2.42 bits per heavy atom. The van der Waals surface area contributed by atoms with E-state index in [-0.39, 0.29) is 22.3 Å². The van der Waals surface area contributed by atoms with Crippen LogP contribution in [-0.2, 0) is 18.9 Å². The molecule has 0 saturated carbocycles. The summed E-state index contributed by atoms with van der Waals surface area (Å²) >= 11 is 1.01. The van der Waals surface area contributed by atoms with E-state index in [2.05, 4.69) is 10.3 Å². The summed E-state index contributed by atoms with van der Waals surface area (Å²) in [5.41, 5.74) is 2.69. The van der Waals surface area contributed by atoms with Gasteiger partial charge >= 0.3 is 5.69 Å². The predicted molar refractivity (Wildman–Crippen MR) is 133 cm³/mol. The first-order chi connectivity index (χ1) is 15.6. The molecule has 0 aliphatic rings. The van der Waals surface area contributed by atoms with Gasteiger partial charge < -0.3 is 10.4 Å². The number of hydrogen-bond acceptors (Lipinski definition) is 6. The molecule has 8 nitrogen and oxygen atoms in total. The van der Waals surface area contributed by atoms with Gasteiger partial charge in [0.15, 0.2) is 0 Å². The molecule has 2 N–H and O–H groups in total. The third kappa shape index (κ3) is 5.43. The number of anilines is 1. The SMILES string of the molecule is Cc1cccc(N=C(SCC(=O)Nc2cc(C)ccc2C)c2c(O)n(C)c(=O)n(C)c2=O)c1. The molecule has 2 aromatic carbocycles. The number of rotatable bonds is 5. The molecule has 1 amide bonds. The summed E-state index contributed by atoms with van der Waals surface area (Å²) in [7, 11) is 2.69. The molecule has 1 aromatic heterocycles. The second-order valence-corrected chi connectivity index (χ2v) is 8.78. The van der Waals surface area contributed by atoms with Crippen LogP contribution in [0, 0.1) is 20.8 Å². The van der Waals surface area contributed by atoms with Crippen molar-refractivity contribution in [2.24, 2.45) is 19.1 Å². The maximum absolute atomic E-state index is 12.9. The molecule has 0 radical (unpaired) electrons. The predicted octanol–water partition coefficient (Wildman–Crippen LogP) is 3.17. The Balaban J connectivity index is 1.99. The van der Waals surface area contributed by atoms with Crippen molar-refractivity contribution in [2.45, 2.75) is 20.8 Å².